The van der Waals surface area contributed by atoms with Crippen LogP contribution >= 0.6 is 11.3 Å². The second-order valence-electron chi connectivity index (χ2n) is 7.68. The molecule has 2 aliphatic rings. The monoisotopic (exact) mass is 447 g/mol. The van der Waals surface area contributed by atoms with E-state index in [1.807, 2.05) is 6.07 Å². The molecule has 1 unspecified atom stereocenters. The summed E-state index contributed by atoms with van der Waals surface area (Å²) in [5.74, 6) is -1.24. The molecule has 0 radical (unpaired) electrons. The van der Waals surface area contributed by atoms with Gasteiger partial charge in [0.2, 0.25) is 0 Å². The van der Waals surface area contributed by atoms with Gasteiger partial charge >= 0.3 is 11.9 Å². The van der Waals surface area contributed by atoms with Crippen molar-refractivity contribution in [3.8, 4) is 5.06 Å². The van der Waals surface area contributed by atoms with Gasteiger partial charge < -0.3 is 9.84 Å². The first-order valence-electron chi connectivity index (χ1n) is 10.3. The van der Waals surface area contributed by atoms with Crippen LogP contribution in [0.4, 0.5) is 4.39 Å². The quantitative estimate of drug-likeness (QED) is 0.662. The number of rotatable bonds is 6. The number of hydrogen-bond donors (Lipinski definition) is 1. The fraction of sp³-hybridized carbons (Fsp3) is 0.435. The first kappa shape index (κ1) is 23.1. The molecular weight excluding hydrogens is 421 g/mol. The molecule has 1 aromatic heterocycles. The van der Waals surface area contributed by atoms with Crippen molar-refractivity contribution in [2.75, 3.05) is 6.54 Å². The Morgan fingerprint density at radius 3 is 2.55 bits per heavy atom. The van der Waals surface area contributed by atoms with Crippen LogP contribution in [0.3, 0.4) is 0 Å². The van der Waals surface area contributed by atoms with Crippen molar-refractivity contribution < 1.29 is 28.6 Å². The predicted molar refractivity (Wildman–Crippen MR) is 115 cm³/mol. The standard InChI is InChI=1S/C20H20FNO3S.C3H6O2/c1-12(23)25-18-10-14-11-22(9-8-17(14)26-18)19(20(24)13-6-7-13)15-4-2-3-5-16(15)21;1-2-3(4)5/h2-5,10,13,19H,6-9,11H2,1H3;2H2,1H3,(H,4,5). The van der Waals surface area contributed by atoms with Crippen LogP contribution in [0, 0.1) is 11.7 Å². The molecule has 0 bridgehead atoms. The normalized spacial score (nSPS) is 16.5. The van der Waals surface area contributed by atoms with Gasteiger partial charge in [0.05, 0.1) is 6.04 Å². The van der Waals surface area contributed by atoms with Crippen molar-refractivity contribution >= 4 is 29.1 Å². The van der Waals surface area contributed by atoms with Crippen LogP contribution in [0.2, 0.25) is 0 Å². The summed E-state index contributed by atoms with van der Waals surface area (Å²) < 4.78 is 19.6. The van der Waals surface area contributed by atoms with Gasteiger partial charge in [0.1, 0.15) is 5.82 Å². The van der Waals surface area contributed by atoms with E-state index in [1.165, 1.54) is 29.2 Å². The Morgan fingerprint density at radius 2 is 1.97 bits per heavy atom. The Balaban J connectivity index is 0.000000491. The van der Waals surface area contributed by atoms with Gasteiger partial charge in [-0.3, -0.25) is 19.3 Å². The van der Waals surface area contributed by atoms with Crippen molar-refractivity contribution in [2.45, 2.75) is 52.1 Å². The summed E-state index contributed by atoms with van der Waals surface area (Å²) >= 11 is 1.47. The Morgan fingerprint density at radius 1 is 1.29 bits per heavy atom. The lowest BCUT2D eigenvalue weighted by Gasteiger charge is -2.34. The van der Waals surface area contributed by atoms with Crippen molar-refractivity contribution in [3.63, 3.8) is 0 Å². The molecule has 2 aromatic rings. The lowest BCUT2D eigenvalue weighted by atomic mass is 9.95. The van der Waals surface area contributed by atoms with Gasteiger partial charge in [-0.15, -0.1) is 11.3 Å². The molecule has 1 aliphatic carbocycles. The first-order valence-corrected chi connectivity index (χ1v) is 11.2. The van der Waals surface area contributed by atoms with Gasteiger partial charge in [-0.25, -0.2) is 4.39 Å². The summed E-state index contributed by atoms with van der Waals surface area (Å²) in [7, 11) is 0. The van der Waals surface area contributed by atoms with E-state index in [0.717, 1.165) is 24.8 Å². The average molecular weight is 448 g/mol. The number of carboxylic acids is 1. The number of Topliss-reactive ketones (excluding diaryl/α,β-unsaturated/α-hetero) is 1. The molecule has 6 nitrogen and oxygen atoms in total. The number of hydrogen-bond acceptors (Lipinski definition) is 6. The predicted octanol–water partition coefficient (Wildman–Crippen LogP) is 4.37. The zero-order valence-electron chi connectivity index (χ0n) is 17.6. The molecule has 1 atom stereocenters. The highest BCUT2D eigenvalue weighted by Crippen LogP contribution is 2.41. The number of halogens is 1. The molecule has 4 rings (SSSR count). The van der Waals surface area contributed by atoms with Crippen LogP contribution in [-0.2, 0) is 27.3 Å². The Kier molecular flexibility index (Phi) is 7.56. The molecule has 1 aliphatic heterocycles. The van der Waals surface area contributed by atoms with Crippen LogP contribution in [0.25, 0.3) is 0 Å². The van der Waals surface area contributed by atoms with E-state index >= 15 is 0 Å². The highest BCUT2D eigenvalue weighted by molar-refractivity contribution is 7.14. The summed E-state index contributed by atoms with van der Waals surface area (Å²) in [6, 6.07) is 7.89. The van der Waals surface area contributed by atoms with Gasteiger partial charge in [-0.1, -0.05) is 25.1 Å². The van der Waals surface area contributed by atoms with Crippen molar-refractivity contribution in [2.24, 2.45) is 5.92 Å². The summed E-state index contributed by atoms with van der Waals surface area (Å²) in [6.07, 6.45) is 2.79. The molecule has 166 valence electrons. The number of benzene rings is 1. The number of carbonyl (C=O) groups excluding carboxylic acids is 2. The molecule has 8 heteroatoms. The third-order valence-electron chi connectivity index (χ3n) is 5.23. The third kappa shape index (κ3) is 5.98. The summed E-state index contributed by atoms with van der Waals surface area (Å²) in [6.45, 7) is 4.23. The fourth-order valence-corrected chi connectivity index (χ4v) is 4.61. The molecule has 1 saturated carbocycles. The first-order chi connectivity index (χ1) is 14.8. The van der Waals surface area contributed by atoms with E-state index in [-0.39, 0.29) is 29.9 Å². The van der Waals surface area contributed by atoms with E-state index in [9.17, 15) is 18.8 Å². The smallest absolute Gasteiger partial charge is 0.308 e. The van der Waals surface area contributed by atoms with E-state index in [0.29, 0.717) is 23.7 Å². The highest BCUT2D eigenvalue weighted by Gasteiger charge is 2.40. The summed E-state index contributed by atoms with van der Waals surface area (Å²) in [5.41, 5.74) is 1.52. The third-order valence-corrected chi connectivity index (χ3v) is 6.35. The summed E-state index contributed by atoms with van der Waals surface area (Å²) in [4.78, 5) is 36.7. The van der Waals surface area contributed by atoms with E-state index < -0.39 is 12.0 Å². The minimum absolute atomic E-state index is 0.0556. The molecule has 31 heavy (non-hydrogen) atoms. The SMILES string of the molecule is CC(=O)Oc1cc2c(s1)CCN(C(C(=O)C1CC1)c1ccccc1F)C2.CCC(=O)O. The molecular formula is C23H26FNO5S. The van der Waals surface area contributed by atoms with Gasteiger partial charge in [-0.05, 0) is 37.0 Å². The highest BCUT2D eigenvalue weighted by atomic mass is 32.1. The van der Waals surface area contributed by atoms with E-state index in [4.69, 9.17) is 9.84 Å². The fourth-order valence-electron chi connectivity index (χ4n) is 3.56. The number of esters is 1. The maximum atomic E-state index is 14.4. The molecule has 0 saturated heterocycles. The van der Waals surface area contributed by atoms with Crippen molar-refractivity contribution in [3.05, 3.63) is 52.2 Å². The number of carboxylic acid groups (broad SMARTS) is 1. The van der Waals surface area contributed by atoms with Crippen LogP contribution in [0.1, 0.15) is 55.2 Å². The molecule has 0 amide bonds. The van der Waals surface area contributed by atoms with E-state index in [1.54, 1.807) is 25.1 Å². The number of thiophene rings is 1. The number of carbonyl (C=O) groups is 3. The van der Waals surface area contributed by atoms with Crippen LogP contribution < -0.4 is 4.74 Å². The minimum atomic E-state index is -0.745. The van der Waals surface area contributed by atoms with Crippen LogP contribution in [0.5, 0.6) is 5.06 Å². The maximum Gasteiger partial charge on any atom is 0.308 e. The van der Waals surface area contributed by atoms with Crippen LogP contribution in [-0.4, -0.2) is 34.3 Å². The number of fused-ring (bicyclic) bond motifs is 1. The van der Waals surface area contributed by atoms with Crippen LogP contribution in [0.15, 0.2) is 30.3 Å². The minimum Gasteiger partial charge on any atom is -0.481 e. The van der Waals surface area contributed by atoms with Crippen molar-refractivity contribution in [1.29, 1.82) is 0 Å². The topological polar surface area (TPSA) is 83.9 Å². The number of nitrogens with zero attached hydrogens (tertiary/aromatic N) is 1. The molecule has 1 aromatic carbocycles. The lowest BCUT2D eigenvalue weighted by molar-refractivity contribution is -0.136. The van der Waals surface area contributed by atoms with E-state index in [2.05, 4.69) is 4.90 Å². The number of aliphatic carboxylic acids is 1. The number of ketones is 1. The zero-order chi connectivity index (χ0) is 22.5. The zero-order valence-corrected chi connectivity index (χ0v) is 18.4. The average Bonchev–Trinajstić information content (AvgIpc) is 3.50. The summed E-state index contributed by atoms with van der Waals surface area (Å²) in [5, 5.41) is 8.31. The molecule has 0 spiro atoms. The second kappa shape index (κ2) is 10.2. The Labute approximate surface area is 184 Å². The van der Waals surface area contributed by atoms with Gasteiger partial charge in [0.25, 0.3) is 0 Å². The Hall–Kier alpha value is -2.58. The molecule has 1 N–H and O–H groups in total. The number of ether oxygens (including phenoxy) is 1. The van der Waals surface area contributed by atoms with Crippen molar-refractivity contribution in [1.82, 2.24) is 4.90 Å². The molecule has 1 fully saturated rings. The Bertz CT molecular complexity index is 969. The van der Waals surface area contributed by atoms with Gasteiger partial charge in [-0.2, -0.15) is 0 Å². The molecule has 2 heterocycles. The lowest BCUT2D eigenvalue weighted by Crippen LogP contribution is -2.38. The largest absolute Gasteiger partial charge is 0.481 e. The maximum absolute atomic E-state index is 14.4. The second-order valence-corrected chi connectivity index (χ2v) is 8.78. The van der Waals surface area contributed by atoms with Gasteiger partial charge in [0, 0.05) is 42.8 Å². The van der Waals surface area contributed by atoms with Gasteiger partial charge in [0.15, 0.2) is 10.8 Å².